The van der Waals surface area contributed by atoms with Crippen LogP contribution in [0, 0.1) is 0 Å². The van der Waals surface area contributed by atoms with E-state index in [1.807, 2.05) is 4.90 Å². The lowest BCUT2D eigenvalue weighted by Gasteiger charge is -2.20. The first-order valence-electron chi connectivity index (χ1n) is 5.78. The van der Waals surface area contributed by atoms with Gasteiger partial charge in [-0.15, -0.1) is 0 Å². The van der Waals surface area contributed by atoms with Crippen molar-refractivity contribution in [3.05, 3.63) is 6.33 Å². The number of nitrogen functional groups attached to an aromatic ring is 1. The Hall–Kier alpha value is -2.05. The van der Waals surface area contributed by atoms with Crippen molar-refractivity contribution >= 4 is 17.5 Å². The number of carbonyl (C=O) groups excluding carboxylic acids is 1. The van der Waals surface area contributed by atoms with Crippen molar-refractivity contribution in [3.63, 3.8) is 0 Å². The van der Waals surface area contributed by atoms with E-state index in [0.717, 1.165) is 13.0 Å². The molecule has 1 unspecified atom stereocenters. The molecule has 3 N–H and O–H groups in total. The number of nitrogens with one attached hydrogen (secondary N) is 1. The van der Waals surface area contributed by atoms with E-state index in [0.29, 0.717) is 23.9 Å². The van der Waals surface area contributed by atoms with Crippen LogP contribution in [0.2, 0.25) is 0 Å². The summed E-state index contributed by atoms with van der Waals surface area (Å²) in [4.78, 5) is 21.2. The van der Waals surface area contributed by atoms with Crippen LogP contribution in [0.15, 0.2) is 6.33 Å². The summed E-state index contributed by atoms with van der Waals surface area (Å²) in [6.07, 6.45) is 2.30. The summed E-state index contributed by atoms with van der Waals surface area (Å²) < 4.78 is 5.23. The zero-order chi connectivity index (χ0) is 13.1. The summed E-state index contributed by atoms with van der Waals surface area (Å²) >= 11 is 0. The molecular weight excluding hydrogens is 234 g/mol. The molecule has 98 valence electrons. The summed E-state index contributed by atoms with van der Waals surface area (Å²) in [5.74, 6) is 1.47. The fourth-order valence-electron chi connectivity index (χ4n) is 2.16. The van der Waals surface area contributed by atoms with Gasteiger partial charge in [0.1, 0.15) is 6.33 Å². The van der Waals surface area contributed by atoms with Gasteiger partial charge in [0.05, 0.1) is 7.11 Å². The molecule has 1 aromatic rings. The highest BCUT2D eigenvalue weighted by Crippen LogP contribution is 2.31. The number of hydrogen-bond donors (Lipinski definition) is 2. The van der Waals surface area contributed by atoms with Crippen LogP contribution in [0.1, 0.15) is 13.3 Å². The van der Waals surface area contributed by atoms with Crippen molar-refractivity contribution in [1.29, 1.82) is 0 Å². The largest absolute Gasteiger partial charge is 0.490 e. The smallest absolute Gasteiger partial charge is 0.217 e. The molecule has 1 aliphatic heterocycles. The van der Waals surface area contributed by atoms with Crippen LogP contribution in [-0.4, -0.2) is 42.1 Å². The van der Waals surface area contributed by atoms with Gasteiger partial charge in [0.25, 0.3) is 0 Å². The second kappa shape index (κ2) is 5.07. The molecule has 2 heterocycles. The first-order valence-corrected chi connectivity index (χ1v) is 5.78. The summed E-state index contributed by atoms with van der Waals surface area (Å²) in [7, 11) is 1.54. The highest BCUT2D eigenvalue weighted by atomic mass is 16.5. The van der Waals surface area contributed by atoms with Gasteiger partial charge in [-0.05, 0) is 6.42 Å². The molecule has 1 fully saturated rings. The fourth-order valence-corrected chi connectivity index (χ4v) is 2.16. The molecular formula is C11H17N5O2. The van der Waals surface area contributed by atoms with Crippen LogP contribution in [0.25, 0.3) is 0 Å². The third-order valence-corrected chi connectivity index (χ3v) is 2.91. The van der Waals surface area contributed by atoms with Crippen LogP contribution < -0.4 is 20.7 Å². The van der Waals surface area contributed by atoms with Crippen LogP contribution in [0.4, 0.5) is 11.6 Å². The van der Waals surface area contributed by atoms with Gasteiger partial charge in [-0.3, -0.25) is 4.79 Å². The molecule has 0 radical (unpaired) electrons. The Morgan fingerprint density at radius 3 is 3.06 bits per heavy atom. The van der Waals surface area contributed by atoms with Gasteiger partial charge in [-0.25, -0.2) is 9.97 Å². The lowest BCUT2D eigenvalue weighted by molar-refractivity contribution is -0.119. The van der Waals surface area contributed by atoms with Gasteiger partial charge in [-0.1, -0.05) is 0 Å². The average Bonchev–Trinajstić information content (AvgIpc) is 2.76. The van der Waals surface area contributed by atoms with E-state index in [1.54, 1.807) is 7.11 Å². The van der Waals surface area contributed by atoms with E-state index in [9.17, 15) is 4.79 Å². The summed E-state index contributed by atoms with van der Waals surface area (Å²) in [6.45, 7) is 3.02. The van der Waals surface area contributed by atoms with E-state index in [1.165, 1.54) is 13.3 Å². The lowest BCUT2D eigenvalue weighted by atomic mass is 10.2. The number of aromatic nitrogens is 2. The maximum absolute atomic E-state index is 11.0. The number of ether oxygens (including phenoxy) is 1. The quantitative estimate of drug-likeness (QED) is 0.771. The first kappa shape index (κ1) is 12.4. The monoisotopic (exact) mass is 251 g/mol. The number of methoxy groups -OCH3 is 1. The van der Waals surface area contributed by atoms with Crippen LogP contribution in [0.3, 0.4) is 0 Å². The van der Waals surface area contributed by atoms with Gasteiger partial charge in [-0.2, -0.15) is 0 Å². The van der Waals surface area contributed by atoms with Gasteiger partial charge in [0.15, 0.2) is 11.6 Å². The third kappa shape index (κ3) is 2.44. The molecule has 1 aliphatic rings. The molecule has 1 saturated heterocycles. The molecule has 1 amide bonds. The van der Waals surface area contributed by atoms with Crippen molar-refractivity contribution in [2.75, 3.05) is 30.8 Å². The van der Waals surface area contributed by atoms with Crippen molar-refractivity contribution in [2.24, 2.45) is 0 Å². The van der Waals surface area contributed by atoms with Crippen molar-refractivity contribution in [1.82, 2.24) is 15.3 Å². The zero-order valence-corrected chi connectivity index (χ0v) is 10.5. The highest BCUT2D eigenvalue weighted by molar-refractivity contribution is 5.73. The maximum Gasteiger partial charge on any atom is 0.217 e. The maximum atomic E-state index is 11.0. The van der Waals surface area contributed by atoms with E-state index in [-0.39, 0.29) is 11.9 Å². The minimum atomic E-state index is -0.0176. The molecule has 7 nitrogen and oxygen atoms in total. The Labute approximate surface area is 105 Å². The summed E-state index contributed by atoms with van der Waals surface area (Å²) in [5.41, 5.74) is 5.74. The lowest BCUT2D eigenvalue weighted by Crippen LogP contribution is -2.35. The normalized spacial score (nSPS) is 18.8. The first-order chi connectivity index (χ1) is 8.61. The SMILES string of the molecule is COc1c(N)ncnc1N1CCC(NC(C)=O)C1. The van der Waals surface area contributed by atoms with E-state index < -0.39 is 0 Å². The van der Waals surface area contributed by atoms with E-state index >= 15 is 0 Å². The Morgan fingerprint density at radius 1 is 1.61 bits per heavy atom. The Bertz CT molecular complexity index is 451. The van der Waals surface area contributed by atoms with Crippen LogP contribution >= 0.6 is 0 Å². The second-order valence-electron chi connectivity index (χ2n) is 4.25. The standard InChI is InChI=1S/C11H17N5O2/c1-7(17)15-8-3-4-16(5-8)11-9(18-2)10(12)13-6-14-11/h6,8H,3-5H2,1-2H3,(H,15,17)(H2,12,13,14). The third-order valence-electron chi connectivity index (χ3n) is 2.91. The Morgan fingerprint density at radius 2 is 2.39 bits per heavy atom. The number of nitrogens with two attached hydrogens (primary N) is 1. The molecule has 0 spiro atoms. The van der Waals surface area contributed by atoms with Crippen molar-refractivity contribution in [3.8, 4) is 5.75 Å². The molecule has 1 atom stereocenters. The number of carbonyl (C=O) groups is 1. The molecule has 2 rings (SSSR count). The topological polar surface area (TPSA) is 93.4 Å². The predicted octanol–water partition coefficient (Wildman–Crippen LogP) is -0.218. The second-order valence-corrected chi connectivity index (χ2v) is 4.25. The van der Waals surface area contributed by atoms with Gasteiger partial charge >= 0.3 is 0 Å². The van der Waals surface area contributed by atoms with E-state index in [4.69, 9.17) is 10.5 Å². The molecule has 18 heavy (non-hydrogen) atoms. The Kier molecular flexibility index (Phi) is 3.50. The highest BCUT2D eigenvalue weighted by Gasteiger charge is 2.27. The number of hydrogen-bond acceptors (Lipinski definition) is 6. The van der Waals surface area contributed by atoms with Crippen molar-refractivity contribution in [2.45, 2.75) is 19.4 Å². The molecule has 0 aliphatic carbocycles. The van der Waals surface area contributed by atoms with Crippen LogP contribution in [0.5, 0.6) is 5.75 Å². The Balaban J connectivity index is 2.14. The summed E-state index contributed by atoms with van der Waals surface area (Å²) in [6, 6.07) is 0.142. The minimum Gasteiger partial charge on any atom is -0.490 e. The fraction of sp³-hybridized carbons (Fsp3) is 0.545. The number of anilines is 2. The molecule has 7 heteroatoms. The molecule has 0 aromatic carbocycles. The van der Waals surface area contributed by atoms with Crippen LogP contribution in [-0.2, 0) is 4.79 Å². The van der Waals surface area contributed by atoms with Crippen molar-refractivity contribution < 1.29 is 9.53 Å². The molecule has 1 aromatic heterocycles. The number of nitrogens with zero attached hydrogens (tertiary/aromatic N) is 3. The molecule has 0 saturated carbocycles. The zero-order valence-electron chi connectivity index (χ0n) is 10.5. The number of rotatable bonds is 3. The number of amides is 1. The predicted molar refractivity (Wildman–Crippen MR) is 67.4 cm³/mol. The van der Waals surface area contributed by atoms with Gasteiger partial charge < -0.3 is 20.7 Å². The average molecular weight is 251 g/mol. The molecule has 0 bridgehead atoms. The minimum absolute atomic E-state index is 0.0176. The van der Waals surface area contributed by atoms with Gasteiger partial charge in [0.2, 0.25) is 11.7 Å². The van der Waals surface area contributed by atoms with Gasteiger partial charge in [0, 0.05) is 26.1 Å². The van der Waals surface area contributed by atoms with E-state index in [2.05, 4.69) is 15.3 Å². The summed E-state index contributed by atoms with van der Waals surface area (Å²) in [5, 5.41) is 2.90.